The van der Waals surface area contributed by atoms with Gasteiger partial charge >= 0.3 is 23.9 Å². The number of thiophene rings is 6. The van der Waals surface area contributed by atoms with Gasteiger partial charge in [0.15, 0.2) is 0 Å². The predicted molar refractivity (Wildman–Crippen MR) is 228 cm³/mol. The number of carboxylic acid groups (broad SMARTS) is 4. The fourth-order valence-corrected chi connectivity index (χ4v) is 13.2. The molecule has 0 bridgehead atoms. The van der Waals surface area contributed by atoms with E-state index in [4.69, 9.17) is 0 Å². The van der Waals surface area contributed by atoms with Crippen LogP contribution in [0.1, 0.15) is 31.8 Å². The second-order valence-electron chi connectivity index (χ2n) is 12.5. The summed E-state index contributed by atoms with van der Waals surface area (Å²) in [7, 11) is 0. The predicted octanol–water partition coefficient (Wildman–Crippen LogP) is 12.4. The van der Waals surface area contributed by atoms with Gasteiger partial charge in [-0.15, -0.1) is 68.0 Å². The zero-order chi connectivity index (χ0) is 39.1. The topological polar surface area (TPSA) is 149 Å². The summed E-state index contributed by atoms with van der Waals surface area (Å²) in [4.78, 5) is 57.4. The molecule has 2 aromatic carbocycles. The Bertz CT molecular complexity index is 2800. The summed E-state index contributed by atoms with van der Waals surface area (Å²) in [5.74, 6) is -3.88. The van der Waals surface area contributed by atoms with Gasteiger partial charge in [-0.3, -0.25) is 9.59 Å². The van der Waals surface area contributed by atoms with Crippen LogP contribution in [-0.2, 0) is 22.4 Å². The molecule has 0 saturated heterocycles. The van der Waals surface area contributed by atoms with E-state index >= 15 is 0 Å². The van der Waals surface area contributed by atoms with Crippen LogP contribution in [0, 0.1) is 0 Å². The van der Waals surface area contributed by atoms with E-state index in [9.17, 15) is 39.6 Å². The van der Waals surface area contributed by atoms with Crippen molar-refractivity contribution in [3.63, 3.8) is 0 Å². The fourth-order valence-electron chi connectivity index (χ4n) is 6.31. The van der Waals surface area contributed by atoms with E-state index in [0.717, 1.165) is 64.8 Å². The highest BCUT2D eigenvalue weighted by atomic mass is 32.1. The Balaban J connectivity index is 1.11. The summed E-state index contributed by atoms with van der Waals surface area (Å²) in [5.41, 5.74) is 4.15. The molecule has 8 rings (SSSR count). The van der Waals surface area contributed by atoms with Crippen molar-refractivity contribution in [1.82, 2.24) is 0 Å². The average Bonchev–Trinajstić information content (AvgIpc) is 4.02. The molecule has 56 heavy (non-hydrogen) atoms. The van der Waals surface area contributed by atoms with Crippen LogP contribution in [0.3, 0.4) is 0 Å². The van der Waals surface area contributed by atoms with Gasteiger partial charge in [-0.1, -0.05) is 30.3 Å². The first kappa shape index (κ1) is 37.4. The van der Waals surface area contributed by atoms with Crippen molar-refractivity contribution in [2.45, 2.75) is 12.8 Å². The van der Waals surface area contributed by atoms with Gasteiger partial charge in [0.1, 0.15) is 0 Å². The quantitative estimate of drug-likeness (QED) is 0.0896. The van der Waals surface area contributed by atoms with Gasteiger partial charge in [-0.2, -0.15) is 0 Å². The maximum absolute atomic E-state index is 12.0. The Morgan fingerprint density at radius 1 is 0.446 bits per heavy atom. The number of carboxylic acids is 4. The van der Waals surface area contributed by atoms with Crippen molar-refractivity contribution in [3.8, 4) is 70.3 Å². The van der Waals surface area contributed by atoms with Crippen LogP contribution in [0.25, 0.3) is 70.3 Å². The maximum Gasteiger partial charge on any atom is 0.336 e. The lowest BCUT2D eigenvalue weighted by molar-refractivity contribution is -0.137. The van der Waals surface area contributed by atoms with Crippen molar-refractivity contribution in [1.29, 1.82) is 0 Å². The molecule has 0 fully saturated rings. The molecule has 6 heterocycles. The molecular weight excluding hydrogens is 825 g/mol. The van der Waals surface area contributed by atoms with Crippen molar-refractivity contribution in [2.75, 3.05) is 0 Å². The van der Waals surface area contributed by atoms with Gasteiger partial charge in [0, 0.05) is 64.8 Å². The molecule has 8 aromatic rings. The van der Waals surface area contributed by atoms with E-state index in [1.807, 2.05) is 78.2 Å². The fraction of sp³-hybridized carbons (Fsp3) is 0.0476. The third kappa shape index (κ3) is 7.54. The number of aromatic carboxylic acids is 2. The van der Waals surface area contributed by atoms with E-state index in [1.54, 1.807) is 41.7 Å². The lowest BCUT2D eigenvalue weighted by Crippen LogP contribution is -1.99. The Hall–Kier alpha value is -5.48. The number of hydrogen-bond donors (Lipinski definition) is 4. The van der Waals surface area contributed by atoms with Gasteiger partial charge in [0.05, 0.1) is 24.0 Å². The van der Waals surface area contributed by atoms with Crippen LogP contribution >= 0.6 is 68.0 Å². The highest BCUT2D eigenvalue weighted by Crippen LogP contribution is 2.49. The molecule has 0 radical (unpaired) electrons. The first-order chi connectivity index (χ1) is 27.0. The molecular formula is C42H26O8S6. The van der Waals surface area contributed by atoms with E-state index in [1.165, 1.54) is 56.7 Å². The molecule has 0 amide bonds. The molecule has 0 unspecified atom stereocenters. The second-order valence-corrected chi connectivity index (χ2v) is 18.7. The lowest BCUT2D eigenvalue weighted by Gasteiger charge is -2.06. The molecule has 0 aliphatic heterocycles. The summed E-state index contributed by atoms with van der Waals surface area (Å²) in [6.45, 7) is 0. The van der Waals surface area contributed by atoms with Crippen LogP contribution in [0.2, 0.25) is 0 Å². The second kappa shape index (κ2) is 15.6. The Kier molecular flexibility index (Phi) is 10.4. The standard InChI is InChI=1S/C42H26O8S6/c43-36(44)19-23-17-34(55-38(23)32-12-8-28(52-32)21-4-3-5-22(16-21)41(47)48)30-10-11-31(54-30)35-18-24(20-37(45)46)39(56-35)33-13-9-29(53-33)27-14-15-51-40(27)25-6-1-2-7-26(25)42(49)50/h1-18H,19-20H2,(H,43,44)(H,45,46)(H,47,48)(H,49,50). The summed E-state index contributed by atoms with van der Waals surface area (Å²) < 4.78 is 0. The van der Waals surface area contributed by atoms with Gasteiger partial charge in [-0.25, -0.2) is 9.59 Å². The van der Waals surface area contributed by atoms with Crippen molar-refractivity contribution in [3.05, 3.63) is 131 Å². The SMILES string of the molecule is O=C(O)Cc1cc(-c2ccc(-c3cc(CC(=O)O)c(-c4ccc(-c5ccsc5-c5ccccc5C(=O)O)s4)s3)s2)sc1-c1ccc(-c2cccc(C(=O)O)c2)s1. The van der Waals surface area contributed by atoms with E-state index < -0.39 is 23.9 Å². The molecule has 14 heteroatoms. The van der Waals surface area contributed by atoms with Crippen LogP contribution < -0.4 is 0 Å². The molecule has 0 aliphatic rings. The van der Waals surface area contributed by atoms with Crippen molar-refractivity contribution >= 4 is 91.9 Å². The normalized spacial score (nSPS) is 11.2. The van der Waals surface area contributed by atoms with E-state index in [-0.39, 0.29) is 24.0 Å². The Labute approximate surface area is 343 Å². The zero-order valence-electron chi connectivity index (χ0n) is 28.7. The third-order valence-electron chi connectivity index (χ3n) is 8.78. The van der Waals surface area contributed by atoms with Gasteiger partial charge < -0.3 is 20.4 Å². The molecule has 0 saturated carbocycles. The highest BCUT2D eigenvalue weighted by Gasteiger charge is 2.22. The van der Waals surface area contributed by atoms with Crippen LogP contribution in [-0.4, -0.2) is 44.3 Å². The maximum atomic E-state index is 12.0. The summed E-state index contributed by atoms with van der Waals surface area (Å²) in [5, 5.41) is 40.8. The van der Waals surface area contributed by atoms with Crippen molar-refractivity contribution in [2.24, 2.45) is 0 Å². The van der Waals surface area contributed by atoms with Crippen LogP contribution in [0.4, 0.5) is 0 Å². The minimum Gasteiger partial charge on any atom is -0.481 e. The number of aliphatic carboxylic acids is 2. The van der Waals surface area contributed by atoms with Crippen molar-refractivity contribution < 1.29 is 39.6 Å². The molecule has 0 atom stereocenters. The minimum atomic E-state index is -1.01. The summed E-state index contributed by atoms with van der Waals surface area (Å²) in [6, 6.07) is 31.4. The number of carbonyl (C=O) groups is 4. The third-order valence-corrected chi connectivity index (χ3v) is 16.2. The first-order valence-corrected chi connectivity index (χ1v) is 21.7. The Morgan fingerprint density at radius 2 is 1.00 bits per heavy atom. The number of hydrogen-bond acceptors (Lipinski definition) is 10. The van der Waals surface area contributed by atoms with Crippen LogP contribution in [0.15, 0.2) is 109 Å². The Morgan fingerprint density at radius 3 is 1.61 bits per heavy atom. The number of benzene rings is 2. The van der Waals surface area contributed by atoms with Crippen LogP contribution in [0.5, 0.6) is 0 Å². The van der Waals surface area contributed by atoms with E-state index in [0.29, 0.717) is 16.7 Å². The lowest BCUT2D eigenvalue weighted by atomic mass is 10.0. The monoisotopic (exact) mass is 850 g/mol. The van der Waals surface area contributed by atoms with Gasteiger partial charge in [-0.05, 0) is 94.9 Å². The largest absolute Gasteiger partial charge is 0.481 e. The zero-order valence-corrected chi connectivity index (χ0v) is 33.6. The summed E-state index contributed by atoms with van der Waals surface area (Å²) >= 11 is 9.08. The molecule has 8 nitrogen and oxygen atoms in total. The molecule has 6 aromatic heterocycles. The average molecular weight is 851 g/mol. The molecule has 0 aliphatic carbocycles. The molecule has 4 N–H and O–H groups in total. The highest BCUT2D eigenvalue weighted by molar-refractivity contribution is 7.30. The van der Waals surface area contributed by atoms with E-state index in [2.05, 4.69) is 0 Å². The smallest absolute Gasteiger partial charge is 0.336 e. The first-order valence-electron chi connectivity index (χ1n) is 16.8. The molecule has 278 valence electrons. The molecule has 0 spiro atoms. The number of rotatable bonds is 13. The van der Waals surface area contributed by atoms with Gasteiger partial charge in [0.25, 0.3) is 0 Å². The summed E-state index contributed by atoms with van der Waals surface area (Å²) in [6.07, 6.45) is -0.302. The van der Waals surface area contributed by atoms with Gasteiger partial charge in [0.2, 0.25) is 0 Å². The minimum absolute atomic E-state index is 0.150.